The molecule has 1 rings (SSSR count). The Morgan fingerprint density at radius 3 is 2.21 bits per heavy atom. The van der Waals surface area contributed by atoms with Gasteiger partial charge in [-0.15, -0.1) is 0 Å². The molecule has 0 aliphatic rings. The van der Waals surface area contributed by atoms with Gasteiger partial charge < -0.3 is 4.74 Å². The Balaban J connectivity index is 2.76. The van der Waals surface area contributed by atoms with E-state index >= 15 is 0 Å². The van der Waals surface area contributed by atoms with Crippen LogP contribution in [-0.4, -0.2) is 20.8 Å². The minimum atomic E-state index is -3.48. The molecule has 0 aliphatic heterocycles. The van der Waals surface area contributed by atoms with Crippen molar-refractivity contribution >= 4 is 57.8 Å². The largest absolute Gasteiger partial charge is 0.491 e. The van der Waals surface area contributed by atoms with E-state index in [0.717, 1.165) is 13.4 Å². The van der Waals surface area contributed by atoms with Crippen LogP contribution in [0.25, 0.3) is 0 Å². The first-order chi connectivity index (χ1) is 8.73. The normalized spacial score (nSPS) is 13.3. The highest BCUT2D eigenvalue weighted by atomic mass is 79.9. The van der Waals surface area contributed by atoms with Crippen LogP contribution in [0.1, 0.15) is 13.3 Å². The lowest BCUT2D eigenvalue weighted by Gasteiger charge is -2.16. The van der Waals surface area contributed by atoms with Gasteiger partial charge in [0.05, 0.1) is 21.3 Å². The Bertz CT molecular complexity index is 525. The van der Waals surface area contributed by atoms with Crippen LogP contribution in [0.3, 0.4) is 0 Å². The lowest BCUT2D eigenvalue weighted by Crippen LogP contribution is -2.26. The number of ether oxygens (including phenoxy) is 1. The summed E-state index contributed by atoms with van der Waals surface area (Å²) in [7, 11) is -3.48. The summed E-state index contributed by atoms with van der Waals surface area (Å²) < 4.78 is 30.4. The Morgan fingerprint density at radius 1 is 1.26 bits per heavy atom. The fourth-order valence-corrected chi connectivity index (χ4v) is 4.96. The number of primary sulfonamides is 1. The van der Waals surface area contributed by atoms with E-state index in [-0.39, 0.29) is 11.7 Å². The lowest BCUT2D eigenvalue weighted by molar-refractivity contribution is 0.254. The molecule has 1 atom stereocenters. The summed E-state index contributed by atoms with van der Waals surface area (Å²) in [6.45, 7) is 2.20. The van der Waals surface area contributed by atoms with Crippen molar-refractivity contribution in [2.75, 3.05) is 12.4 Å². The molecular formula is C11H14Br3NO3S. The van der Waals surface area contributed by atoms with E-state index in [4.69, 9.17) is 9.88 Å². The number of halogens is 3. The van der Waals surface area contributed by atoms with Crippen LogP contribution in [-0.2, 0) is 10.0 Å². The van der Waals surface area contributed by atoms with Gasteiger partial charge in [0.15, 0.2) is 0 Å². The van der Waals surface area contributed by atoms with Crippen molar-refractivity contribution in [3.05, 3.63) is 25.6 Å². The molecule has 0 bridgehead atoms. The van der Waals surface area contributed by atoms with Gasteiger partial charge in [0.2, 0.25) is 10.0 Å². The smallest absolute Gasteiger partial charge is 0.209 e. The topological polar surface area (TPSA) is 69.4 Å². The third-order valence-electron chi connectivity index (χ3n) is 2.47. The molecular weight excluding hydrogens is 466 g/mol. The number of benzene rings is 1. The second-order valence-electron chi connectivity index (χ2n) is 4.11. The monoisotopic (exact) mass is 477 g/mol. The maximum absolute atomic E-state index is 11.1. The number of rotatable bonds is 6. The second kappa shape index (κ2) is 7.40. The number of sulfonamides is 1. The van der Waals surface area contributed by atoms with E-state index in [1.165, 1.54) is 0 Å². The van der Waals surface area contributed by atoms with Crippen LogP contribution in [0.4, 0.5) is 0 Å². The highest BCUT2D eigenvalue weighted by molar-refractivity contribution is 9.11. The zero-order valence-electron chi connectivity index (χ0n) is 10.2. The molecule has 2 N–H and O–H groups in total. The molecule has 4 nitrogen and oxygen atoms in total. The highest BCUT2D eigenvalue weighted by Crippen LogP contribution is 2.36. The van der Waals surface area contributed by atoms with Crippen molar-refractivity contribution < 1.29 is 13.2 Å². The maximum Gasteiger partial charge on any atom is 0.209 e. The first kappa shape index (κ1) is 17.4. The van der Waals surface area contributed by atoms with Crippen molar-refractivity contribution in [3.8, 4) is 5.75 Å². The summed E-state index contributed by atoms with van der Waals surface area (Å²) in [6.07, 6.45) is 0.683. The van der Waals surface area contributed by atoms with E-state index in [1.807, 2.05) is 19.1 Å². The summed E-state index contributed by atoms with van der Waals surface area (Å²) in [5.41, 5.74) is 0. The van der Waals surface area contributed by atoms with Crippen LogP contribution in [0.15, 0.2) is 25.6 Å². The molecule has 19 heavy (non-hydrogen) atoms. The van der Waals surface area contributed by atoms with Gasteiger partial charge in [0.1, 0.15) is 5.75 Å². The van der Waals surface area contributed by atoms with Crippen molar-refractivity contribution in [2.24, 2.45) is 11.1 Å². The lowest BCUT2D eigenvalue weighted by atomic mass is 10.1. The molecule has 0 saturated heterocycles. The summed E-state index contributed by atoms with van der Waals surface area (Å²) in [4.78, 5) is 0. The Kier molecular flexibility index (Phi) is 6.78. The van der Waals surface area contributed by atoms with Crippen LogP contribution in [0.5, 0.6) is 5.75 Å². The zero-order valence-corrected chi connectivity index (χ0v) is 15.8. The molecule has 0 spiro atoms. The van der Waals surface area contributed by atoms with Crippen LogP contribution in [0, 0.1) is 5.92 Å². The Labute approximate surface area is 138 Å². The van der Waals surface area contributed by atoms with E-state index in [1.54, 1.807) is 0 Å². The van der Waals surface area contributed by atoms with E-state index in [2.05, 4.69) is 47.8 Å². The minimum Gasteiger partial charge on any atom is -0.491 e. The third-order valence-corrected chi connectivity index (χ3v) is 5.04. The van der Waals surface area contributed by atoms with Crippen molar-refractivity contribution in [2.45, 2.75) is 13.3 Å². The van der Waals surface area contributed by atoms with E-state index in [0.29, 0.717) is 18.8 Å². The van der Waals surface area contributed by atoms with Crippen molar-refractivity contribution in [1.29, 1.82) is 0 Å². The van der Waals surface area contributed by atoms with Gasteiger partial charge in [-0.3, -0.25) is 0 Å². The molecule has 1 unspecified atom stereocenters. The van der Waals surface area contributed by atoms with Crippen LogP contribution < -0.4 is 9.88 Å². The van der Waals surface area contributed by atoms with Crippen molar-refractivity contribution in [3.63, 3.8) is 0 Å². The summed E-state index contributed by atoms with van der Waals surface area (Å²) in [6, 6.07) is 3.72. The van der Waals surface area contributed by atoms with Crippen molar-refractivity contribution in [1.82, 2.24) is 0 Å². The molecule has 0 aromatic heterocycles. The third kappa shape index (κ3) is 6.12. The van der Waals surface area contributed by atoms with Gasteiger partial charge in [0, 0.05) is 10.4 Å². The molecule has 0 fully saturated rings. The molecule has 0 aliphatic carbocycles. The Morgan fingerprint density at radius 2 is 1.79 bits per heavy atom. The first-order valence-electron chi connectivity index (χ1n) is 5.50. The average molecular weight is 480 g/mol. The van der Waals surface area contributed by atoms with Crippen LogP contribution >= 0.6 is 47.8 Å². The summed E-state index contributed by atoms with van der Waals surface area (Å²) >= 11 is 10.2. The fourth-order valence-electron chi connectivity index (χ4n) is 1.48. The molecule has 8 heteroatoms. The molecule has 1 aromatic rings. The SMILES string of the molecule is CCC(COc1c(Br)cc(Br)cc1Br)CS(N)(=O)=O. The highest BCUT2D eigenvalue weighted by Gasteiger charge is 2.16. The van der Waals surface area contributed by atoms with E-state index < -0.39 is 10.0 Å². The summed E-state index contributed by atoms with van der Waals surface area (Å²) in [5.74, 6) is 0.448. The molecule has 0 radical (unpaired) electrons. The van der Waals surface area contributed by atoms with Gasteiger partial charge in [-0.05, 0) is 50.4 Å². The second-order valence-corrected chi connectivity index (χ2v) is 8.40. The molecule has 0 amide bonds. The van der Waals surface area contributed by atoms with Gasteiger partial charge in [-0.1, -0.05) is 22.9 Å². The molecule has 0 saturated carbocycles. The standard InChI is InChI=1S/C11H14Br3NO3S/c1-2-7(6-19(15,16)17)5-18-11-9(13)3-8(12)4-10(11)14/h3-4,7H,2,5-6H2,1H3,(H2,15,16,17). The summed E-state index contributed by atoms with van der Waals surface area (Å²) in [5, 5.41) is 5.05. The van der Waals surface area contributed by atoms with Crippen LogP contribution in [0.2, 0.25) is 0 Å². The first-order valence-corrected chi connectivity index (χ1v) is 9.60. The quantitative estimate of drug-likeness (QED) is 0.676. The van der Waals surface area contributed by atoms with Gasteiger partial charge in [-0.2, -0.15) is 0 Å². The minimum absolute atomic E-state index is 0.0741. The zero-order chi connectivity index (χ0) is 14.6. The fraction of sp³-hybridized carbons (Fsp3) is 0.455. The molecule has 0 heterocycles. The molecule has 1 aromatic carbocycles. The van der Waals surface area contributed by atoms with Gasteiger partial charge >= 0.3 is 0 Å². The number of hydrogen-bond acceptors (Lipinski definition) is 3. The van der Waals surface area contributed by atoms with E-state index in [9.17, 15) is 8.42 Å². The Hall–Kier alpha value is 0.370. The molecule has 108 valence electrons. The number of hydrogen-bond donors (Lipinski definition) is 1. The van der Waals surface area contributed by atoms with Gasteiger partial charge in [0.25, 0.3) is 0 Å². The predicted molar refractivity (Wildman–Crippen MR) is 86.8 cm³/mol. The predicted octanol–water partition coefficient (Wildman–Crippen LogP) is 3.67. The van der Waals surface area contributed by atoms with Gasteiger partial charge in [-0.25, -0.2) is 13.6 Å². The number of nitrogens with two attached hydrogens (primary N) is 1. The average Bonchev–Trinajstić information content (AvgIpc) is 2.24. The maximum atomic E-state index is 11.1.